The minimum absolute atomic E-state index is 0.117. The number of nitro groups is 1. The van der Waals surface area contributed by atoms with Crippen molar-refractivity contribution < 1.29 is 4.92 Å². The molecule has 1 aromatic heterocycles. The number of aromatic nitrogens is 2. The zero-order valence-electron chi connectivity index (χ0n) is 10.3. The molecule has 19 heavy (non-hydrogen) atoms. The number of aryl methyl sites for hydroxylation is 1. The van der Waals surface area contributed by atoms with Crippen molar-refractivity contribution in [2.75, 3.05) is 5.32 Å². The van der Waals surface area contributed by atoms with Crippen LogP contribution in [-0.4, -0.2) is 21.2 Å². The topological polar surface area (TPSA) is 83.9 Å². The first-order chi connectivity index (χ1) is 9.22. The quantitative estimate of drug-likeness (QED) is 0.653. The maximum absolute atomic E-state index is 10.6. The number of nitrogens with one attached hydrogen (secondary N) is 2. The molecule has 2 aromatic rings. The number of nitro benzene ring substituents is 1. The predicted octanol–water partition coefficient (Wildman–Crippen LogP) is 2.29. The molecule has 0 radical (unpaired) electrons. The lowest BCUT2D eigenvalue weighted by atomic mass is 9.93. The first kappa shape index (κ1) is 11.7. The zero-order chi connectivity index (χ0) is 13.2. The number of anilines is 1. The van der Waals surface area contributed by atoms with E-state index >= 15 is 0 Å². The third kappa shape index (κ3) is 2.42. The van der Waals surface area contributed by atoms with Crippen LogP contribution < -0.4 is 5.32 Å². The molecule has 0 fully saturated rings. The summed E-state index contributed by atoms with van der Waals surface area (Å²) < 4.78 is 0. The fourth-order valence-electron chi connectivity index (χ4n) is 2.45. The normalized spacial score (nSPS) is 17.8. The number of hydrogen-bond acceptors (Lipinski definition) is 4. The van der Waals surface area contributed by atoms with Crippen LogP contribution in [0.25, 0.3) is 0 Å². The van der Waals surface area contributed by atoms with Gasteiger partial charge in [0.1, 0.15) is 0 Å². The average molecular weight is 258 g/mol. The Labute approximate surface area is 110 Å². The van der Waals surface area contributed by atoms with Gasteiger partial charge in [0.15, 0.2) is 0 Å². The third-order valence-electron chi connectivity index (χ3n) is 3.47. The van der Waals surface area contributed by atoms with E-state index in [0.717, 1.165) is 24.9 Å². The minimum atomic E-state index is -0.387. The summed E-state index contributed by atoms with van der Waals surface area (Å²) in [6, 6.07) is 6.90. The summed E-state index contributed by atoms with van der Waals surface area (Å²) in [5.74, 6) is 0. The molecule has 0 bridgehead atoms. The summed E-state index contributed by atoms with van der Waals surface area (Å²) in [6.45, 7) is 0. The van der Waals surface area contributed by atoms with E-state index in [4.69, 9.17) is 0 Å². The Hall–Kier alpha value is -2.37. The molecule has 1 aliphatic rings. The summed E-state index contributed by atoms with van der Waals surface area (Å²) in [6.07, 6.45) is 4.83. The smallest absolute Gasteiger partial charge is 0.269 e. The fourth-order valence-corrected chi connectivity index (χ4v) is 2.45. The Morgan fingerprint density at radius 3 is 2.89 bits per heavy atom. The molecule has 6 heteroatoms. The van der Waals surface area contributed by atoms with Gasteiger partial charge < -0.3 is 5.32 Å². The molecule has 1 atom stereocenters. The van der Waals surface area contributed by atoms with Gasteiger partial charge in [0.2, 0.25) is 0 Å². The van der Waals surface area contributed by atoms with Gasteiger partial charge in [-0.3, -0.25) is 15.2 Å². The first-order valence-electron chi connectivity index (χ1n) is 6.24. The molecular formula is C13H14N4O2. The van der Waals surface area contributed by atoms with Crippen LogP contribution in [0.4, 0.5) is 11.4 Å². The van der Waals surface area contributed by atoms with Crippen molar-refractivity contribution >= 4 is 11.4 Å². The van der Waals surface area contributed by atoms with Crippen LogP contribution in [0, 0.1) is 10.1 Å². The van der Waals surface area contributed by atoms with Crippen LogP contribution in [0.5, 0.6) is 0 Å². The third-order valence-corrected chi connectivity index (χ3v) is 3.47. The van der Waals surface area contributed by atoms with Gasteiger partial charge in [-0.15, -0.1) is 0 Å². The van der Waals surface area contributed by atoms with E-state index in [1.807, 2.05) is 6.20 Å². The second kappa shape index (κ2) is 4.72. The van der Waals surface area contributed by atoms with Crippen molar-refractivity contribution in [1.82, 2.24) is 10.2 Å². The Morgan fingerprint density at radius 1 is 1.37 bits per heavy atom. The number of hydrogen-bond donors (Lipinski definition) is 2. The Balaban J connectivity index is 1.68. The van der Waals surface area contributed by atoms with Gasteiger partial charge in [-0.2, -0.15) is 5.10 Å². The Bertz CT molecular complexity index is 591. The van der Waals surface area contributed by atoms with Gasteiger partial charge in [-0.05, 0) is 37.0 Å². The monoisotopic (exact) mass is 258 g/mol. The van der Waals surface area contributed by atoms with Crippen molar-refractivity contribution in [2.45, 2.75) is 25.3 Å². The number of nitrogens with zero attached hydrogens (tertiary/aromatic N) is 2. The summed E-state index contributed by atoms with van der Waals surface area (Å²) in [4.78, 5) is 10.2. The molecule has 0 spiro atoms. The standard InChI is InChI=1S/C13H14N4O2/c18-17(19)12-4-1-10(2-5-12)15-11-3-6-13-9(7-11)8-14-16-13/h1-2,4-5,8,11,15H,3,6-7H2,(H,14,16)/t11-/m1/s1. The number of aromatic amines is 1. The maximum Gasteiger partial charge on any atom is 0.269 e. The van der Waals surface area contributed by atoms with Gasteiger partial charge in [0.05, 0.1) is 11.1 Å². The van der Waals surface area contributed by atoms with Gasteiger partial charge in [-0.25, -0.2) is 0 Å². The number of benzene rings is 1. The van der Waals surface area contributed by atoms with E-state index in [-0.39, 0.29) is 10.6 Å². The van der Waals surface area contributed by atoms with Crippen molar-refractivity contribution in [2.24, 2.45) is 0 Å². The lowest BCUT2D eigenvalue weighted by Crippen LogP contribution is -2.26. The zero-order valence-corrected chi connectivity index (χ0v) is 10.3. The number of non-ortho nitro benzene ring substituents is 1. The predicted molar refractivity (Wildman–Crippen MR) is 71.1 cm³/mol. The molecule has 2 N–H and O–H groups in total. The summed E-state index contributed by atoms with van der Waals surface area (Å²) >= 11 is 0. The van der Waals surface area contributed by atoms with Gasteiger partial charge in [0.25, 0.3) is 5.69 Å². The first-order valence-corrected chi connectivity index (χ1v) is 6.24. The fraction of sp³-hybridized carbons (Fsp3) is 0.308. The number of H-pyrrole nitrogens is 1. The van der Waals surface area contributed by atoms with E-state index in [1.165, 1.54) is 23.4 Å². The molecule has 3 rings (SSSR count). The van der Waals surface area contributed by atoms with Crippen molar-refractivity contribution in [3.8, 4) is 0 Å². The molecule has 0 unspecified atom stereocenters. The number of fused-ring (bicyclic) bond motifs is 1. The van der Waals surface area contributed by atoms with Crippen molar-refractivity contribution in [3.05, 3.63) is 51.8 Å². The molecule has 98 valence electrons. The van der Waals surface area contributed by atoms with Crippen LogP contribution in [0.1, 0.15) is 17.7 Å². The Morgan fingerprint density at radius 2 is 2.16 bits per heavy atom. The summed E-state index contributed by atoms with van der Waals surface area (Å²) in [5.41, 5.74) is 3.52. The highest BCUT2D eigenvalue weighted by atomic mass is 16.6. The van der Waals surface area contributed by atoms with Crippen molar-refractivity contribution in [1.29, 1.82) is 0 Å². The lowest BCUT2D eigenvalue weighted by Gasteiger charge is -2.23. The maximum atomic E-state index is 10.6. The van der Waals surface area contributed by atoms with E-state index < -0.39 is 0 Å². The average Bonchev–Trinajstić information content (AvgIpc) is 2.87. The SMILES string of the molecule is O=[N+]([O-])c1ccc(N[C@@H]2CCc3[nH]ncc3C2)cc1. The highest BCUT2D eigenvalue weighted by Crippen LogP contribution is 2.23. The van der Waals surface area contributed by atoms with E-state index in [2.05, 4.69) is 15.5 Å². The molecule has 0 saturated carbocycles. The molecule has 0 amide bonds. The molecular weight excluding hydrogens is 244 g/mol. The van der Waals surface area contributed by atoms with Crippen LogP contribution in [0.2, 0.25) is 0 Å². The highest BCUT2D eigenvalue weighted by molar-refractivity contribution is 5.49. The van der Waals surface area contributed by atoms with E-state index in [0.29, 0.717) is 6.04 Å². The molecule has 0 aliphatic heterocycles. The second-order valence-electron chi connectivity index (χ2n) is 4.76. The van der Waals surface area contributed by atoms with Crippen molar-refractivity contribution in [3.63, 3.8) is 0 Å². The van der Waals surface area contributed by atoms with Crippen LogP contribution in [0.15, 0.2) is 30.5 Å². The Kier molecular flexibility index (Phi) is 2.91. The molecule has 1 aromatic carbocycles. The van der Waals surface area contributed by atoms with Gasteiger partial charge in [0, 0.05) is 29.6 Å². The van der Waals surface area contributed by atoms with E-state index in [9.17, 15) is 10.1 Å². The molecule has 1 aliphatic carbocycles. The summed E-state index contributed by atoms with van der Waals surface area (Å²) in [5, 5.41) is 21.1. The van der Waals surface area contributed by atoms with Crippen LogP contribution in [-0.2, 0) is 12.8 Å². The summed E-state index contributed by atoms with van der Waals surface area (Å²) in [7, 11) is 0. The molecule has 6 nitrogen and oxygen atoms in total. The van der Waals surface area contributed by atoms with E-state index in [1.54, 1.807) is 12.1 Å². The molecule has 1 heterocycles. The number of rotatable bonds is 3. The minimum Gasteiger partial charge on any atom is -0.382 e. The molecule has 0 saturated heterocycles. The lowest BCUT2D eigenvalue weighted by molar-refractivity contribution is -0.384. The largest absolute Gasteiger partial charge is 0.382 e. The van der Waals surface area contributed by atoms with Crippen LogP contribution in [0.3, 0.4) is 0 Å². The van der Waals surface area contributed by atoms with Crippen LogP contribution >= 0.6 is 0 Å². The van der Waals surface area contributed by atoms with Gasteiger partial charge in [-0.1, -0.05) is 0 Å². The highest BCUT2D eigenvalue weighted by Gasteiger charge is 2.19. The second-order valence-corrected chi connectivity index (χ2v) is 4.76. The van der Waals surface area contributed by atoms with Gasteiger partial charge >= 0.3 is 0 Å².